The number of aromatic nitrogens is 4. The molecule has 2 aromatic heterocycles. The van der Waals surface area contributed by atoms with Gasteiger partial charge in [0.05, 0.1) is 11.8 Å². The number of anilines is 1. The summed E-state index contributed by atoms with van der Waals surface area (Å²) in [7, 11) is 1.74. The molecule has 1 unspecified atom stereocenters. The van der Waals surface area contributed by atoms with Crippen molar-refractivity contribution < 1.29 is 14.7 Å². The first-order valence-corrected chi connectivity index (χ1v) is 5.55. The number of aryl methyl sites for hydroxylation is 1. The zero-order valence-corrected chi connectivity index (χ0v) is 10.4. The molecule has 0 aromatic carbocycles. The average Bonchev–Trinajstić information content (AvgIpc) is 2.97. The Morgan fingerprint density at radius 3 is 2.74 bits per heavy atom. The number of carboxylic acid groups (broad SMARTS) is 1. The SMILES string of the molecule is CC(C(=O)Nc1ccn(C)n1)n1cc(C(=O)O)cn1. The van der Waals surface area contributed by atoms with Crippen LogP contribution in [0.1, 0.15) is 23.3 Å². The summed E-state index contributed by atoms with van der Waals surface area (Å²) in [6, 6.07) is 1.03. The Labute approximate surface area is 108 Å². The maximum atomic E-state index is 11.9. The van der Waals surface area contributed by atoms with Gasteiger partial charge in [-0.05, 0) is 6.92 Å². The fourth-order valence-electron chi connectivity index (χ4n) is 1.49. The fourth-order valence-corrected chi connectivity index (χ4v) is 1.49. The summed E-state index contributed by atoms with van der Waals surface area (Å²) in [5.74, 6) is -0.965. The van der Waals surface area contributed by atoms with E-state index < -0.39 is 12.0 Å². The Kier molecular flexibility index (Phi) is 3.32. The third kappa shape index (κ3) is 2.79. The number of hydrogen-bond acceptors (Lipinski definition) is 4. The van der Waals surface area contributed by atoms with Crippen LogP contribution in [0.5, 0.6) is 0 Å². The van der Waals surface area contributed by atoms with E-state index in [2.05, 4.69) is 15.5 Å². The van der Waals surface area contributed by atoms with Gasteiger partial charge in [-0.3, -0.25) is 14.2 Å². The molecule has 2 heterocycles. The lowest BCUT2D eigenvalue weighted by Gasteiger charge is -2.10. The minimum atomic E-state index is -1.08. The smallest absolute Gasteiger partial charge is 0.338 e. The van der Waals surface area contributed by atoms with Crippen LogP contribution in [-0.4, -0.2) is 36.5 Å². The summed E-state index contributed by atoms with van der Waals surface area (Å²) in [4.78, 5) is 22.7. The third-order valence-electron chi connectivity index (χ3n) is 2.59. The highest BCUT2D eigenvalue weighted by molar-refractivity contribution is 5.92. The van der Waals surface area contributed by atoms with Crippen molar-refractivity contribution in [3.63, 3.8) is 0 Å². The topological polar surface area (TPSA) is 102 Å². The molecule has 1 atom stereocenters. The molecule has 0 saturated carbocycles. The molecular weight excluding hydrogens is 250 g/mol. The number of nitrogens with zero attached hydrogens (tertiary/aromatic N) is 4. The van der Waals surface area contributed by atoms with Crippen molar-refractivity contribution in [2.24, 2.45) is 7.05 Å². The van der Waals surface area contributed by atoms with Gasteiger partial charge in [0.15, 0.2) is 5.82 Å². The van der Waals surface area contributed by atoms with E-state index in [-0.39, 0.29) is 11.5 Å². The molecule has 2 N–H and O–H groups in total. The second kappa shape index (κ2) is 4.92. The molecule has 0 aliphatic heterocycles. The molecule has 19 heavy (non-hydrogen) atoms. The van der Waals surface area contributed by atoms with Crippen LogP contribution in [-0.2, 0) is 11.8 Å². The molecule has 0 aliphatic rings. The lowest BCUT2D eigenvalue weighted by molar-refractivity contribution is -0.119. The van der Waals surface area contributed by atoms with E-state index in [1.807, 2.05) is 0 Å². The van der Waals surface area contributed by atoms with Gasteiger partial charge in [0.1, 0.15) is 6.04 Å². The highest BCUT2D eigenvalue weighted by Gasteiger charge is 2.18. The van der Waals surface area contributed by atoms with Crippen molar-refractivity contribution >= 4 is 17.7 Å². The van der Waals surface area contributed by atoms with Gasteiger partial charge in [-0.2, -0.15) is 10.2 Å². The summed E-state index contributed by atoms with van der Waals surface area (Å²) >= 11 is 0. The highest BCUT2D eigenvalue weighted by atomic mass is 16.4. The molecule has 2 rings (SSSR count). The zero-order valence-electron chi connectivity index (χ0n) is 10.4. The van der Waals surface area contributed by atoms with Crippen LogP contribution >= 0.6 is 0 Å². The van der Waals surface area contributed by atoms with E-state index >= 15 is 0 Å². The minimum absolute atomic E-state index is 0.0393. The van der Waals surface area contributed by atoms with Gasteiger partial charge in [0.2, 0.25) is 5.91 Å². The van der Waals surface area contributed by atoms with Crippen molar-refractivity contribution in [2.75, 3.05) is 5.32 Å². The third-order valence-corrected chi connectivity index (χ3v) is 2.59. The zero-order chi connectivity index (χ0) is 14.0. The van der Waals surface area contributed by atoms with Crippen LogP contribution < -0.4 is 5.32 Å². The molecule has 8 nitrogen and oxygen atoms in total. The quantitative estimate of drug-likeness (QED) is 0.837. The molecule has 0 bridgehead atoms. The maximum absolute atomic E-state index is 11.9. The summed E-state index contributed by atoms with van der Waals surface area (Å²) in [5.41, 5.74) is 0.0393. The maximum Gasteiger partial charge on any atom is 0.338 e. The molecule has 0 spiro atoms. The molecule has 100 valence electrons. The number of carboxylic acids is 1. The Balaban J connectivity index is 2.07. The largest absolute Gasteiger partial charge is 0.478 e. The number of aromatic carboxylic acids is 1. The van der Waals surface area contributed by atoms with Crippen molar-refractivity contribution in [3.8, 4) is 0 Å². The first-order chi connectivity index (χ1) is 8.97. The van der Waals surface area contributed by atoms with Crippen LogP contribution in [0.4, 0.5) is 5.82 Å². The van der Waals surface area contributed by atoms with E-state index in [0.29, 0.717) is 5.82 Å². The highest BCUT2D eigenvalue weighted by Crippen LogP contribution is 2.10. The lowest BCUT2D eigenvalue weighted by Crippen LogP contribution is -2.24. The van der Waals surface area contributed by atoms with Crippen LogP contribution in [0.15, 0.2) is 24.7 Å². The van der Waals surface area contributed by atoms with Crippen molar-refractivity contribution in [1.82, 2.24) is 19.6 Å². The van der Waals surface area contributed by atoms with E-state index in [1.54, 1.807) is 30.9 Å². The monoisotopic (exact) mass is 263 g/mol. The number of nitrogens with one attached hydrogen (secondary N) is 1. The van der Waals surface area contributed by atoms with Crippen LogP contribution in [0.25, 0.3) is 0 Å². The number of amides is 1. The first kappa shape index (κ1) is 12.8. The van der Waals surface area contributed by atoms with Crippen LogP contribution in [0.2, 0.25) is 0 Å². The van der Waals surface area contributed by atoms with Crippen molar-refractivity contribution in [1.29, 1.82) is 0 Å². The van der Waals surface area contributed by atoms with Gasteiger partial charge in [-0.1, -0.05) is 0 Å². The summed E-state index contributed by atoms with van der Waals surface area (Å²) in [6.45, 7) is 1.62. The number of carbonyl (C=O) groups is 2. The normalized spacial score (nSPS) is 12.1. The van der Waals surface area contributed by atoms with E-state index in [0.717, 1.165) is 0 Å². The lowest BCUT2D eigenvalue weighted by atomic mass is 10.3. The second-order valence-corrected chi connectivity index (χ2v) is 4.05. The van der Waals surface area contributed by atoms with E-state index in [9.17, 15) is 9.59 Å². The predicted molar refractivity (Wildman–Crippen MR) is 65.7 cm³/mol. The van der Waals surface area contributed by atoms with Crippen molar-refractivity contribution in [3.05, 3.63) is 30.2 Å². The Hall–Kier alpha value is -2.64. The number of rotatable bonds is 4. The van der Waals surface area contributed by atoms with Gasteiger partial charge in [0, 0.05) is 25.5 Å². The standard InChI is InChI=1S/C11H13N5O3/c1-7(16-6-8(5-12-16)11(18)19)10(17)13-9-3-4-15(2)14-9/h3-7H,1-2H3,(H,18,19)(H,13,14,17). The van der Waals surface area contributed by atoms with Gasteiger partial charge >= 0.3 is 5.97 Å². The summed E-state index contributed by atoms with van der Waals surface area (Å²) < 4.78 is 2.86. The first-order valence-electron chi connectivity index (χ1n) is 5.55. The molecule has 0 aliphatic carbocycles. The summed E-state index contributed by atoms with van der Waals surface area (Å²) in [5, 5.41) is 19.3. The summed E-state index contributed by atoms with van der Waals surface area (Å²) in [6.07, 6.45) is 4.22. The molecule has 0 radical (unpaired) electrons. The Morgan fingerprint density at radius 1 is 1.47 bits per heavy atom. The van der Waals surface area contributed by atoms with Gasteiger partial charge < -0.3 is 10.4 Å². The molecule has 2 aromatic rings. The fraction of sp³-hybridized carbons (Fsp3) is 0.273. The molecule has 0 fully saturated rings. The minimum Gasteiger partial charge on any atom is -0.478 e. The molecular formula is C11H13N5O3. The number of carbonyl (C=O) groups excluding carboxylic acids is 1. The van der Waals surface area contributed by atoms with Crippen LogP contribution in [0.3, 0.4) is 0 Å². The van der Waals surface area contributed by atoms with E-state index in [1.165, 1.54) is 17.1 Å². The Morgan fingerprint density at radius 2 is 2.21 bits per heavy atom. The predicted octanol–water partition coefficient (Wildman–Crippen LogP) is 0.514. The van der Waals surface area contributed by atoms with Gasteiger partial charge in [-0.15, -0.1) is 0 Å². The molecule has 1 amide bonds. The van der Waals surface area contributed by atoms with Gasteiger partial charge in [-0.25, -0.2) is 4.79 Å². The number of hydrogen-bond donors (Lipinski definition) is 2. The Bertz CT molecular complexity index is 615. The molecule has 8 heteroatoms. The van der Waals surface area contributed by atoms with Crippen LogP contribution in [0, 0.1) is 0 Å². The van der Waals surface area contributed by atoms with Crippen molar-refractivity contribution in [2.45, 2.75) is 13.0 Å². The average molecular weight is 263 g/mol. The second-order valence-electron chi connectivity index (χ2n) is 4.05. The van der Waals surface area contributed by atoms with E-state index in [4.69, 9.17) is 5.11 Å². The van der Waals surface area contributed by atoms with Gasteiger partial charge in [0.25, 0.3) is 0 Å². The molecule has 0 saturated heterocycles.